The molecule has 6 nitrogen and oxygen atoms in total. The van der Waals surface area contributed by atoms with Gasteiger partial charge < -0.3 is 10.4 Å². The van der Waals surface area contributed by atoms with Gasteiger partial charge in [-0.15, -0.1) is 0 Å². The summed E-state index contributed by atoms with van der Waals surface area (Å²) in [5.41, 5.74) is 0.352. The van der Waals surface area contributed by atoms with Crippen molar-refractivity contribution in [3.63, 3.8) is 0 Å². The molecule has 0 radical (unpaired) electrons. The molecular formula is C14H18N2O4S. The van der Waals surface area contributed by atoms with Crippen LogP contribution in [-0.4, -0.2) is 31.6 Å². The van der Waals surface area contributed by atoms with Gasteiger partial charge in [-0.05, 0) is 43.7 Å². The molecule has 0 bridgehead atoms. The lowest BCUT2D eigenvalue weighted by molar-refractivity contribution is -0.138. The van der Waals surface area contributed by atoms with Crippen molar-refractivity contribution in [1.29, 1.82) is 0 Å². The number of anilines is 1. The number of hydrogen-bond donors (Lipinski definition) is 3. The van der Waals surface area contributed by atoms with Crippen LogP contribution in [0.2, 0.25) is 0 Å². The Balaban J connectivity index is 1.86. The van der Waals surface area contributed by atoms with E-state index in [1.807, 2.05) is 0 Å². The average molecular weight is 310 g/mol. The third-order valence-corrected chi connectivity index (χ3v) is 5.32. The lowest BCUT2D eigenvalue weighted by atomic mass is 10.1. The topological polar surface area (TPSA) is 95.5 Å². The van der Waals surface area contributed by atoms with Crippen molar-refractivity contribution in [3.8, 4) is 0 Å². The van der Waals surface area contributed by atoms with Gasteiger partial charge in [-0.2, -0.15) is 0 Å². The van der Waals surface area contributed by atoms with E-state index in [-0.39, 0.29) is 16.9 Å². The molecule has 1 unspecified atom stereocenters. The average Bonchev–Trinajstić information content (AvgIpc) is 3.29. The van der Waals surface area contributed by atoms with E-state index in [1.165, 1.54) is 6.07 Å². The molecule has 3 rings (SSSR count). The van der Waals surface area contributed by atoms with Gasteiger partial charge in [0, 0.05) is 6.04 Å². The van der Waals surface area contributed by atoms with E-state index in [2.05, 4.69) is 10.0 Å². The predicted octanol–water partition coefficient (Wildman–Crippen LogP) is 1.40. The molecule has 21 heavy (non-hydrogen) atoms. The van der Waals surface area contributed by atoms with Crippen molar-refractivity contribution in [1.82, 2.24) is 4.72 Å². The van der Waals surface area contributed by atoms with Crippen molar-refractivity contribution in [2.75, 3.05) is 5.32 Å². The summed E-state index contributed by atoms with van der Waals surface area (Å²) >= 11 is 0. The van der Waals surface area contributed by atoms with Gasteiger partial charge in [0.05, 0.1) is 5.69 Å². The fraction of sp³-hybridized carbons (Fsp3) is 0.500. The molecule has 0 saturated heterocycles. The summed E-state index contributed by atoms with van der Waals surface area (Å²) in [7, 11) is -3.61. The number of nitrogens with one attached hydrogen (secondary N) is 2. The summed E-state index contributed by atoms with van der Waals surface area (Å²) in [4.78, 5) is 11.4. The summed E-state index contributed by atoms with van der Waals surface area (Å²) in [6, 6.07) is 5.73. The first-order valence-electron chi connectivity index (χ1n) is 7.08. The highest BCUT2D eigenvalue weighted by Gasteiger charge is 2.37. The molecular weight excluding hydrogens is 292 g/mol. The van der Waals surface area contributed by atoms with Crippen LogP contribution in [0.4, 0.5) is 5.69 Å². The van der Waals surface area contributed by atoms with Crippen molar-refractivity contribution >= 4 is 21.7 Å². The van der Waals surface area contributed by atoms with Crippen LogP contribution in [0.15, 0.2) is 29.2 Å². The van der Waals surface area contributed by atoms with Gasteiger partial charge in [0.1, 0.15) is 10.9 Å². The smallest absolute Gasteiger partial charge is 0.326 e. The SMILES string of the molecule is O=C(O)C(Nc1ccccc1S(=O)(=O)NC1CC1)C1CC1. The largest absolute Gasteiger partial charge is 0.480 e. The zero-order valence-electron chi connectivity index (χ0n) is 11.5. The normalized spacial score (nSPS) is 20.0. The van der Waals surface area contributed by atoms with Crippen molar-refractivity contribution < 1.29 is 18.3 Å². The zero-order valence-corrected chi connectivity index (χ0v) is 12.3. The van der Waals surface area contributed by atoms with E-state index in [1.54, 1.807) is 18.2 Å². The maximum atomic E-state index is 12.3. The van der Waals surface area contributed by atoms with E-state index in [4.69, 9.17) is 0 Å². The lowest BCUT2D eigenvalue weighted by Crippen LogP contribution is -2.33. The number of carbonyl (C=O) groups is 1. The summed E-state index contributed by atoms with van der Waals surface area (Å²) in [6.07, 6.45) is 3.43. The van der Waals surface area contributed by atoms with Gasteiger partial charge in [0.2, 0.25) is 10.0 Å². The Labute approximate surface area is 123 Å². The van der Waals surface area contributed by atoms with Gasteiger partial charge >= 0.3 is 5.97 Å². The molecule has 7 heteroatoms. The quantitative estimate of drug-likeness (QED) is 0.707. The van der Waals surface area contributed by atoms with Gasteiger partial charge in [0.25, 0.3) is 0 Å². The van der Waals surface area contributed by atoms with Crippen LogP contribution in [0, 0.1) is 5.92 Å². The highest BCUT2D eigenvalue weighted by atomic mass is 32.2. The molecule has 2 aliphatic carbocycles. The van der Waals surface area contributed by atoms with Gasteiger partial charge in [-0.3, -0.25) is 0 Å². The monoisotopic (exact) mass is 310 g/mol. The second kappa shape index (κ2) is 5.31. The van der Waals surface area contributed by atoms with Crippen LogP contribution in [0.25, 0.3) is 0 Å². The van der Waals surface area contributed by atoms with E-state index in [0.29, 0.717) is 5.69 Å². The number of carboxylic acid groups (broad SMARTS) is 1. The predicted molar refractivity (Wildman–Crippen MR) is 77.6 cm³/mol. The van der Waals surface area contributed by atoms with Gasteiger partial charge in [0.15, 0.2) is 0 Å². The van der Waals surface area contributed by atoms with Crippen LogP contribution in [-0.2, 0) is 14.8 Å². The first kappa shape index (κ1) is 14.3. The number of carboxylic acids is 1. The first-order valence-corrected chi connectivity index (χ1v) is 8.56. The van der Waals surface area contributed by atoms with E-state index in [9.17, 15) is 18.3 Å². The third-order valence-electron chi connectivity index (χ3n) is 3.75. The van der Waals surface area contributed by atoms with Crippen molar-refractivity contribution in [2.45, 2.75) is 42.7 Å². The Hall–Kier alpha value is -1.60. The molecule has 0 aliphatic heterocycles. The Kier molecular flexibility index (Phi) is 3.62. The molecule has 1 aromatic carbocycles. The molecule has 114 valence electrons. The Morgan fingerprint density at radius 1 is 1.19 bits per heavy atom. The fourth-order valence-electron chi connectivity index (χ4n) is 2.28. The number of benzene rings is 1. The maximum absolute atomic E-state index is 12.3. The van der Waals surface area contributed by atoms with E-state index in [0.717, 1.165) is 25.7 Å². The minimum atomic E-state index is -3.61. The molecule has 2 fully saturated rings. The molecule has 0 aromatic heterocycles. The summed E-state index contributed by atoms with van der Waals surface area (Å²) < 4.78 is 27.3. The first-order chi connectivity index (χ1) is 9.97. The minimum Gasteiger partial charge on any atom is -0.480 e. The molecule has 3 N–H and O–H groups in total. The van der Waals surface area contributed by atoms with Gasteiger partial charge in [-0.25, -0.2) is 17.9 Å². The van der Waals surface area contributed by atoms with Crippen molar-refractivity contribution in [2.24, 2.45) is 5.92 Å². The van der Waals surface area contributed by atoms with Crippen molar-refractivity contribution in [3.05, 3.63) is 24.3 Å². The molecule has 1 atom stereocenters. The molecule has 0 spiro atoms. The Bertz CT molecular complexity index is 651. The number of sulfonamides is 1. The number of aliphatic carboxylic acids is 1. The van der Waals surface area contributed by atoms with Crippen LogP contribution in [0.5, 0.6) is 0 Å². The van der Waals surface area contributed by atoms with E-state index < -0.39 is 22.0 Å². The fourth-order valence-corrected chi connectivity index (χ4v) is 3.76. The maximum Gasteiger partial charge on any atom is 0.326 e. The van der Waals surface area contributed by atoms with Gasteiger partial charge in [-0.1, -0.05) is 12.1 Å². The van der Waals surface area contributed by atoms with Crippen LogP contribution < -0.4 is 10.0 Å². The number of para-hydroxylation sites is 1. The highest BCUT2D eigenvalue weighted by Crippen LogP contribution is 2.35. The number of rotatable bonds is 7. The molecule has 0 amide bonds. The highest BCUT2D eigenvalue weighted by molar-refractivity contribution is 7.89. The molecule has 0 heterocycles. The third kappa shape index (κ3) is 3.36. The standard InChI is InChI=1S/C14H18N2O4S/c17-14(18)13(9-5-6-9)15-11-3-1-2-4-12(11)21(19,20)16-10-7-8-10/h1-4,9-10,13,15-16H,5-8H2,(H,17,18). The second-order valence-corrected chi connectivity index (χ2v) is 7.37. The van der Waals surface area contributed by atoms with Crippen LogP contribution in [0.1, 0.15) is 25.7 Å². The molecule has 1 aromatic rings. The van der Waals surface area contributed by atoms with E-state index >= 15 is 0 Å². The molecule has 2 aliphatic rings. The summed E-state index contributed by atoms with van der Waals surface area (Å²) in [6.45, 7) is 0. The lowest BCUT2D eigenvalue weighted by Gasteiger charge is -2.18. The zero-order chi connectivity index (χ0) is 15.0. The number of hydrogen-bond acceptors (Lipinski definition) is 4. The van der Waals surface area contributed by atoms with Crippen LogP contribution >= 0.6 is 0 Å². The minimum absolute atomic E-state index is 0.0155. The van der Waals surface area contributed by atoms with Crippen LogP contribution in [0.3, 0.4) is 0 Å². The summed E-state index contributed by atoms with van der Waals surface area (Å²) in [5.74, 6) is -0.866. The Morgan fingerprint density at radius 2 is 1.86 bits per heavy atom. The molecule has 2 saturated carbocycles. The summed E-state index contributed by atoms with van der Waals surface area (Å²) in [5, 5.41) is 12.2. The second-order valence-electron chi connectivity index (χ2n) is 5.69. The Morgan fingerprint density at radius 3 is 2.43 bits per heavy atom.